The van der Waals surface area contributed by atoms with E-state index >= 15 is 0 Å². The average molecular weight is 520 g/mol. The molecule has 0 radical (unpaired) electrons. The van der Waals surface area contributed by atoms with E-state index in [2.05, 4.69) is 46.4 Å². The molecule has 1 nitrogen and oxygen atoms in total. The summed E-state index contributed by atoms with van der Waals surface area (Å²) in [7, 11) is 0. The number of alkyl halides is 18. The molecule has 0 N–H and O–H groups in total. The molecule has 2 atom stereocenters. The normalized spacial score (nSPS) is 20.2. The van der Waals surface area contributed by atoms with Crippen molar-refractivity contribution < 1.29 is 66.2 Å². The fourth-order valence-electron chi connectivity index (χ4n) is 1.01. The molecule has 0 fully saturated rings. The maximum Gasteiger partial charge on any atom is 0.414 e. The van der Waals surface area contributed by atoms with Crippen LogP contribution in [-0.2, 0) is 4.74 Å². The Hall–Kier alpha value is 0.140. The van der Waals surface area contributed by atoms with Crippen LogP contribution in [0.15, 0.2) is 0 Å². The minimum atomic E-state index is -7.19. The standard InChI is InChI=1S/C8Cl4F14O/c9-1(13,3(15,16)5(11,19)20)7(23,24)27-8(25,26)2(10,14)4(17,18)6(12,21)22. The molecule has 0 heterocycles. The highest BCUT2D eigenvalue weighted by Crippen LogP contribution is 2.60. The van der Waals surface area contributed by atoms with Crippen LogP contribution in [0.5, 0.6) is 0 Å². The van der Waals surface area contributed by atoms with Crippen LogP contribution < -0.4 is 0 Å². The van der Waals surface area contributed by atoms with Gasteiger partial charge in [0.25, 0.3) is 0 Å². The van der Waals surface area contributed by atoms with Crippen molar-refractivity contribution in [3.8, 4) is 0 Å². The lowest BCUT2D eigenvalue weighted by atomic mass is 10.1. The van der Waals surface area contributed by atoms with E-state index in [4.69, 9.17) is 0 Å². The highest BCUT2D eigenvalue weighted by molar-refractivity contribution is 6.28. The van der Waals surface area contributed by atoms with Crippen molar-refractivity contribution in [2.75, 3.05) is 0 Å². The smallest absolute Gasteiger partial charge is 0.248 e. The molecule has 0 aliphatic heterocycles. The first-order chi connectivity index (χ1) is 11.2. The molecule has 2 unspecified atom stereocenters. The third-order valence-corrected chi connectivity index (χ3v) is 3.88. The monoisotopic (exact) mass is 518 g/mol. The topological polar surface area (TPSA) is 9.23 Å². The molecule has 0 amide bonds. The molecule has 0 aliphatic carbocycles. The van der Waals surface area contributed by atoms with Crippen LogP contribution in [0, 0.1) is 0 Å². The van der Waals surface area contributed by atoms with E-state index in [-0.39, 0.29) is 0 Å². The second kappa shape index (κ2) is 6.84. The van der Waals surface area contributed by atoms with Gasteiger partial charge in [-0.1, -0.05) is 23.2 Å². The summed E-state index contributed by atoms with van der Waals surface area (Å²) in [6.07, 6.45) is -14.4. The lowest BCUT2D eigenvalue weighted by Gasteiger charge is -2.40. The van der Waals surface area contributed by atoms with Crippen LogP contribution in [0.2, 0.25) is 0 Å². The highest BCUT2D eigenvalue weighted by atomic mass is 35.5. The summed E-state index contributed by atoms with van der Waals surface area (Å²) in [5, 5.41) is -26.2. The number of hydrogen-bond donors (Lipinski definition) is 0. The number of halogens is 18. The Kier molecular flexibility index (Phi) is 6.88. The molecule has 0 bridgehead atoms. The minimum Gasteiger partial charge on any atom is -0.248 e. The summed E-state index contributed by atoms with van der Waals surface area (Å²) in [6, 6.07) is 0. The fraction of sp³-hybridized carbons (Fsp3) is 1.00. The lowest BCUT2D eigenvalue weighted by Crippen LogP contribution is -2.66. The van der Waals surface area contributed by atoms with Crippen molar-refractivity contribution in [3.05, 3.63) is 0 Å². The number of ether oxygens (including phenoxy) is 1. The van der Waals surface area contributed by atoms with E-state index in [9.17, 15) is 61.5 Å². The van der Waals surface area contributed by atoms with E-state index < -0.39 is 45.1 Å². The molecule has 0 saturated carbocycles. The van der Waals surface area contributed by atoms with Gasteiger partial charge in [0.15, 0.2) is 0 Å². The molecule has 19 heteroatoms. The Morgan fingerprint density at radius 1 is 0.407 bits per heavy atom. The zero-order chi connectivity index (χ0) is 22.7. The molecule has 0 spiro atoms. The van der Waals surface area contributed by atoms with Crippen molar-refractivity contribution >= 4 is 46.4 Å². The third kappa shape index (κ3) is 4.21. The molecular formula is C8Cl4F14O. The summed E-state index contributed by atoms with van der Waals surface area (Å²) in [5.41, 5.74) is 0. The van der Waals surface area contributed by atoms with Crippen molar-refractivity contribution in [2.45, 2.75) is 45.1 Å². The number of rotatable bonds is 8. The van der Waals surface area contributed by atoms with E-state index in [0.717, 1.165) is 0 Å². The van der Waals surface area contributed by atoms with E-state index in [1.54, 1.807) is 4.74 Å². The zero-order valence-electron chi connectivity index (χ0n) is 11.2. The van der Waals surface area contributed by atoms with Gasteiger partial charge >= 0.3 is 45.1 Å². The maximum atomic E-state index is 13.3. The van der Waals surface area contributed by atoms with E-state index in [1.807, 2.05) is 0 Å². The molecule has 27 heavy (non-hydrogen) atoms. The van der Waals surface area contributed by atoms with Gasteiger partial charge in [-0.05, 0) is 23.2 Å². The molecule has 0 aromatic heterocycles. The van der Waals surface area contributed by atoms with E-state index in [1.165, 1.54) is 0 Å². The summed E-state index contributed by atoms with van der Waals surface area (Å²) in [5.74, 6) is -14.0. The van der Waals surface area contributed by atoms with Gasteiger partial charge in [-0.15, -0.1) is 0 Å². The second-order valence-corrected chi connectivity index (χ2v) is 6.42. The Balaban J connectivity index is 6.19. The fourth-order valence-corrected chi connectivity index (χ4v) is 1.68. The SMILES string of the molecule is FC(F)(Cl)C(F)(F)C(F)(Cl)C(F)(F)OC(F)(F)C(F)(Cl)C(F)(F)C(F)(F)Cl. The van der Waals surface area contributed by atoms with Crippen LogP contribution in [0.4, 0.5) is 61.5 Å². The summed E-state index contributed by atoms with van der Waals surface area (Å²) < 4.78 is 182. The van der Waals surface area contributed by atoms with Gasteiger partial charge in [0, 0.05) is 0 Å². The first-order valence-corrected chi connectivity index (χ1v) is 6.82. The van der Waals surface area contributed by atoms with E-state index in [0.29, 0.717) is 0 Å². The molecule has 164 valence electrons. The van der Waals surface area contributed by atoms with Crippen molar-refractivity contribution in [2.24, 2.45) is 0 Å². The maximum absolute atomic E-state index is 13.3. The summed E-state index contributed by atoms with van der Waals surface area (Å²) >= 11 is 14.7. The van der Waals surface area contributed by atoms with Gasteiger partial charge in [0.1, 0.15) is 0 Å². The van der Waals surface area contributed by atoms with Gasteiger partial charge in [0.05, 0.1) is 0 Å². The largest absolute Gasteiger partial charge is 0.414 e. The summed E-state index contributed by atoms with van der Waals surface area (Å²) in [6.45, 7) is 0. The predicted molar refractivity (Wildman–Crippen MR) is 61.9 cm³/mol. The third-order valence-electron chi connectivity index (χ3n) is 2.49. The Morgan fingerprint density at radius 2 is 0.593 bits per heavy atom. The first kappa shape index (κ1) is 27.1. The van der Waals surface area contributed by atoms with Gasteiger partial charge in [-0.25, -0.2) is 13.5 Å². The second-order valence-electron chi connectivity index (χ2n) is 4.43. The van der Waals surface area contributed by atoms with Crippen molar-refractivity contribution in [1.82, 2.24) is 0 Å². The molecular weight excluding hydrogens is 520 g/mol. The van der Waals surface area contributed by atoms with Crippen molar-refractivity contribution in [1.29, 1.82) is 0 Å². The number of hydrogen-bond acceptors (Lipinski definition) is 1. The van der Waals surface area contributed by atoms with Crippen LogP contribution in [0.25, 0.3) is 0 Å². The highest BCUT2D eigenvalue weighted by Gasteiger charge is 2.85. The van der Waals surface area contributed by atoms with Gasteiger partial charge in [0.2, 0.25) is 0 Å². The van der Waals surface area contributed by atoms with Gasteiger partial charge < -0.3 is 0 Å². The minimum absolute atomic E-state index is 1.69. The van der Waals surface area contributed by atoms with Crippen molar-refractivity contribution in [3.63, 3.8) is 0 Å². The molecule has 0 aromatic rings. The van der Waals surface area contributed by atoms with Crippen LogP contribution in [0.3, 0.4) is 0 Å². The van der Waals surface area contributed by atoms with Crippen LogP contribution >= 0.6 is 46.4 Å². The lowest BCUT2D eigenvalue weighted by molar-refractivity contribution is -0.454. The van der Waals surface area contributed by atoms with Gasteiger partial charge in [-0.2, -0.15) is 52.7 Å². The first-order valence-electron chi connectivity index (χ1n) is 5.31. The quantitative estimate of drug-likeness (QED) is 0.249. The predicted octanol–water partition coefficient (Wildman–Crippen LogP) is 6.93. The Morgan fingerprint density at radius 3 is 0.741 bits per heavy atom. The molecule has 0 aromatic carbocycles. The van der Waals surface area contributed by atoms with Crippen LogP contribution in [0.1, 0.15) is 0 Å². The Bertz CT molecular complexity index is 502. The molecule has 0 saturated heterocycles. The molecule has 0 rings (SSSR count). The van der Waals surface area contributed by atoms with Gasteiger partial charge in [-0.3, -0.25) is 0 Å². The molecule has 0 aliphatic rings. The van der Waals surface area contributed by atoms with Crippen LogP contribution in [-0.4, -0.2) is 45.1 Å². The Labute approximate surface area is 158 Å². The summed E-state index contributed by atoms with van der Waals surface area (Å²) in [4.78, 5) is 0. The average Bonchev–Trinajstić information content (AvgIpc) is 2.33. The zero-order valence-corrected chi connectivity index (χ0v) is 14.2.